The zero-order valence-corrected chi connectivity index (χ0v) is 8.36. The molecule has 0 aliphatic heterocycles. The Labute approximate surface area is 88.3 Å². The minimum Gasteiger partial charge on any atom is -0.495 e. The van der Waals surface area contributed by atoms with E-state index in [0.29, 0.717) is 11.3 Å². The van der Waals surface area contributed by atoms with Crippen molar-refractivity contribution in [3.05, 3.63) is 35.7 Å². The molecule has 4 heteroatoms. The van der Waals surface area contributed by atoms with Gasteiger partial charge in [0, 0.05) is 12.8 Å². The number of rotatable bonds is 4. The molecule has 0 aliphatic rings. The smallest absolute Gasteiger partial charge is 0.218 e. The Morgan fingerprint density at radius 1 is 1.67 bits per heavy atom. The fraction of sp³-hybridized carbons (Fsp3) is 0.182. The van der Waals surface area contributed by atoms with E-state index in [9.17, 15) is 4.79 Å². The lowest BCUT2D eigenvalue weighted by Gasteiger charge is -2.04. The normalized spacial score (nSPS) is 9.33. The van der Waals surface area contributed by atoms with E-state index in [1.54, 1.807) is 24.6 Å². The molecule has 0 bridgehead atoms. The van der Waals surface area contributed by atoms with Crippen LogP contribution in [0, 0.1) is 17.8 Å². The van der Waals surface area contributed by atoms with Crippen molar-refractivity contribution < 1.29 is 9.53 Å². The molecular formula is C11H11N2O2. The Bertz CT molecular complexity index is 408. The molecule has 77 valence electrons. The summed E-state index contributed by atoms with van der Waals surface area (Å²) >= 11 is 0. The molecular weight excluding hydrogens is 192 g/mol. The second-order valence-electron chi connectivity index (χ2n) is 2.95. The number of hydrogen-bond acceptors (Lipinski definition) is 3. The van der Waals surface area contributed by atoms with Crippen molar-refractivity contribution >= 4 is 5.91 Å². The summed E-state index contributed by atoms with van der Waals surface area (Å²) in [6, 6.07) is 7.12. The SMILES string of the molecule is COc1ccc([CH]CC(N)=O)cc1C#N. The zero-order chi connectivity index (χ0) is 11.3. The molecule has 0 atom stereocenters. The summed E-state index contributed by atoms with van der Waals surface area (Å²) in [7, 11) is 1.50. The van der Waals surface area contributed by atoms with Gasteiger partial charge in [-0.2, -0.15) is 5.26 Å². The van der Waals surface area contributed by atoms with Crippen LogP contribution in [0.1, 0.15) is 17.5 Å². The Morgan fingerprint density at radius 3 is 2.93 bits per heavy atom. The number of nitrogens with two attached hydrogens (primary N) is 1. The van der Waals surface area contributed by atoms with Crippen LogP contribution in [0.15, 0.2) is 18.2 Å². The molecule has 1 amide bonds. The van der Waals surface area contributed by atoms with Crippen LogP contribution < -0.4 is 10.5 Å². The number of methoxy groups -OCH3 is 1. The Morgan fingerprint density at radius 2 is 2.40 bits per heavy atom. The van der Waals surface area contributed by atoms with Crippen molar-refractivity contribution in [3.63, 3.8) is 0 Å². The van der Waals surface area contributed by atoms with E-state index in [1.807, 2.05) is 6.07 Å². The summed E-state index contributed by atoms with van der Waals surface area (Å²) < 4.78 is 4.99. The maximum absolute atomic E-state index is 10.6. The van der Waals surface area contributed by atoms with Gasteiger partial charge >= 0.3 is 0 Å². The molecule has 1 radical (unpaired) electrons. The van der Waals surface area contributed by atoms with Gasteiger partial charge < -0.3 is 10.5 Å². The molecule has 0 unspecified atom stereocenters. The zero-order valence-electron chi connectivity index (χ0n) is 8.36. The first-order chi connectivity index (χ1) is 7.17. The highest BCUT2D eigenvalue weighted by molar-refractivity contribution is 5.75. The van der Waals surface area contributed by atoms with Crippen LogP contribution in [0.5, 0.6) is 5.75 Å². The highest BCUT2D eigenvalue weighted by atomic mass is 16.5. The molecule has 0 saturated carbocycles. The lowest BCUT2D eigenvalue weighted by atomic mass is 10.1. The number of nitrogens with zero attached hydrogens (tertiary/aromatic N) is 1. The predicted molar refractivity (Wildman–Crippen MR) is 54.9 cm³/mol. The molecule has 0 heterocycles. The summed E-state index contributed by atoms with van der Waals surface area (Å²) in [5, 5.41) is 8.82. The molecule has 15 heavy (non-hydrogen) atoms. The van der Waals surface area contributed by atoms with Crippen molar-refractivity contribution in [3.8, 4) is 11.8 Å². The molecule has 0 aliphatic carbocycles. The van der Waals surface area contributed by atoms with Crippen molar-refractivity contribution in [1.82, 2.24) is 0 Å². The summed E-state index contributed by atoms with van der Waals surface area (Å²) in [6.45, 7) is 0. The van der Waals surface area contributed by atoms with Gasteiger partial charge in [0.05, 0.1) is 12.7 Å². The third-order valence-electron chi connectivity index (χ3n) is 1.88. The van der Waals surface area contributed by atoms with E-state index in [1.165, 1.54) is 7.11 Å². The fourth-order valence-electron chi connectivity index (χ4n) is 1.16. The van der Waals surface area contributed by atoms with Gasteiger partial charge in [-0.1, -0.05) is 6.07 Å². The fourth-order valence-corrected chi connectivity index (χ4v) is 1.16. The van der Waals surface area contributed by atoms with Gasteiger partial charge in [-0.25, -0.2) is 0 Å². The number of amides is 1. The molecule has 2 N–H and O–H groups in total. The first-order valence-electron chi connectivity index (χ1n) is 4.37. The monoisotopic (exact) mass is 203 g/mol. The molecule has 0 aromatic heterocycles. The van der Waals surface area contributed by atoms with Crippen molar-refractivity contribution in [2.45, 2.75) is 6.42 Å². The highest BCUT2D eigenvalue weighted by Crippen LogP contribution is 2.20. The number of benzene rings is 1. The Balaban J connectivity index is 2.85. The molecule has 0 saturated heterocycles. The van der Waals surface area contributed by atoms with E-state index in [0.717, 1.165) is 5.56 Å². The largest absolute Gasteiger partial charge is 0.495 e. The molecule has 1 aromatic carbocycles. The third kappa shape index (κ3) is 2.99. The lowest BCUT2D eigenvalue weighted by Crippen LogP contribution is -2.10. The quantitative estimate of drug-likeness (QED) is 0.792. The standard InChI is InChI=1S/C11H11N2O2/c1-15-10-4-2-8(3-5-11(13)14)6-9(10)7-12/h2-4,6H,5H2,1H3,(H2,13,14). The molecule has 0 spiro atoms. The van der Waals surface area contributed by atoms with Crippen LogP contribution in [0.2, 0.25) is 0 Å². The van der Waals surface area contributed by atoms with Crippen LogP contribution >= 0.6 is 0 Å². The Kier molecular flexibility index (Phi) is 3.69. The van der Waals surface area contributed by atoms with Gasteiger partial charge in [-0.05, 0) is 17.7 Å². The van der Waals surface area contributed by atoms with E-state index >= 15 is 0 Å². The predicted octanol–water partition coefficient (Wildman–Crippen LogP) is 0.995. The number of ether oxygens (including phenoxy) is 1. The lowest BCUT2D eigenvalue weighted by molar-refractivity contribution is -0.117. The van der Waals surface area contributed by atoms with E-state index in [-0.39, 0.29) is 6.42 Å². The summed E-state index contributed by atoms with van der Waals surface area (Å²) in [6.07, 6.45) is 1.83. The average Bonchev–Trinajstić information content (AvgIpc) is 2.25. The number of carbonyl (C=O) groups excluding carboxylic acids is 1. The number of primary amides is 1. The summed E-state index contributed by atoms with van der Waals surface area (Å²) in [5.41, 5.74) is 6.23. The molecule has 1 aromatic rings. The van der Waals surface area contributed by atoms with Gasteiger partial charge in [-0.3, -0.25) is 4.79 Å². The van der Waals surface area contributed by atoms with Crippen LogP contribution in [0.25, 0.3) is 0 Å². The average molecular weight is 203 g/mol. The van der Waals surface area contributed by atoms with Gasteiger partial charge in [0.2, 0.25) is 5.91 Å². The van der Waals surface area contributed by atoms with E-state index < -0.39 is 5.91 Å². The number of hydrogen-bond donors (Lipinski definition) is 1. The van der Waals surface area contributed by atoms with Gasteiger partial charge in [0.1, 0.15) is 11.8 Å². The summed E-state index contributed by atoms with van der Waals surface area (Å²) in [4.78, 5) is 10.6. The second kappa shape index (κ2) is 5.01. The van der Waals surface area contributed by atoms with Crippen molar-refractivity contribution in [1.29, 1.82) is 5.26 Å². The van der Waals surface area contributed by atoms with Gasteiger partial charge in [-0.15, -0.1) is 0 Å². The van der Waals surface area contributed by atoms with Crippen LogP contribution in [-0.2, 0) is 4.79 Å². The van der Waals surface area contributed by atoms with Crippen LogP contribution in [0.3, 0.4) is 0 Å². The van der Waals surface area contributed by atoms with E-state index in [4.69, 9.17) is 15.7 Å². The van der Waals surface area contributed by atoms with Crippen LogP contribution in [-0.4, -0.2) is 13.0 Å². The van der Waals surface area contributed by atoms with Crippen LogP contribution in [0.4, 0.5) is 0 Å². The molecule has 0 fully saturated rings. The maximum atomic E-state index is 10.6. The molecule has 4 nitrogen and oxygen atoms in total. The second-order valence-corrected chi connectivity index (χ2v) is 2.95. The number of nitriles is 1. The van der Waals surface area contributed by atoms with Crippen molar-refractivity contribution in [2.75, 3.05) is 7.11 Å². The summed E-state index contributed by atoms with van der Waals surface area (Å²) in [5.74, 6) is 0.123. The van der Waals surface area contributed by atoms with Crippen molar-refractivity contribution in [2.24, 2.45) is 5.73 Å². The molecule has 1 rings (SSSR count). The maximum Gasteiger partial charge on any atom is 0.218 e. The minimum absolute atomic E-state index is 0.164. The third-order valence-corrected chi connectivity index (χ3v) is 1.88. The van der Waals surface area contributed by atoms with Gasteiger partial charge in [0.15, 0.2) is 0 Å². The topological polar surface area (TPSA) is 76.1 Å². The minimum atomic E-state index is -0.399. The first kappa shape index (κ1) is 11.1. The number of carbonyl (C=O) groups is 1. The van der Waals surface area contributed by atoms with E-state index in [2.05, 4.69) is 0 Å². The van der Waals surface area contributed by atoms with Gasteiger partial charge in [0.25, 0.3) is 0 Å². The first-order valence-corrected chi connectivity index (χ1v) is 4.37. The Hall–Kier alpha value is -2.02. The highest BCUT2D eigenvalue weighted by Gasteiger charge is 2.04.